The summed E-state index contributed by atoms with van der Waals surface area (Å²) in [4.78, 5) is 2.40. The van der Waals surface area contributed by atoms with E-state index in [2.05, 4.69) is 42.2 Å². The highest BCUT2D eigenvalue weighted by molar-refractivity contribution is 5.46. The molecule has 2 rings (SSSR count). The Morgan fingerprint density at radius 3 is 2.67 bits per heavy atom. The Balaban J connectivity index is 2.09. The van der Waals surface area contributed by atoms with Gasteiger partial charge < -0.3 is 15.4 Å². The highest BCUT2D eigenvalue weighted by Crippen LogP contribution is 2.30. The van der Waals surface area contributed by atoms with E-state index in [0.717, 1.165) is 32.7 Å². The van der Waals surface area contributed by atoms with Gasteiger partial charge in [0.2, 0.25) is 0 Å². The Hall–Kier alpha value is -1.06. The fourth-order valence-corrected chi connectivity index (χ4v) is 2.69. The predicted octanol–water partition coefficient (Wildman–Crippen LogP) is 2.27. The molecule has 0 amide bonds. The molecule has 0 aliphatic carbocycles. The molecule has 2 N–H and O–H groups in total. The maximum absolute atomic E-state index is 6.01. The lowest BCUT2D eigenvalue weighted by atomic mass is 9.82. The van der Waals surface area contributed by atoms with E-state index < -0.39 is 0 Å². The molecule has 0 spiro atoms. The lowest BCUT2D eigenvalue weighted by Gasteiger charge is -2.40. The number of ether oxygens (including phenoxy) is 1. The van der Waals surface area contributed by atoms with E-state index in [0.29, 0.717) is 6.54 Å². The molecular formula is C15H24N2O. The quantitative estimate of drug-likeness (QED) is 0.868. The molecule has 1 saturated heterocycles. The second-order valence-electron chi connectivity index (χ2n) is 5.21. The van der Waals surface area contributed by atoms with Gasteiger partial charge in [-0.15, -0.1) is 0 Å². The standard InChI is InChI=1S/C15H24N2O/c1-2-17(14-7-4-3-5-8-14)12-15(11-16)9-6-10-18-13-15/h3-5,7-8H,2,6,9-13,16H2,1H3. The molecule has 1 fully saturated rings. The average molecular weight is 248 g/mol. The van der Waals surface area contributed by atoms with Gasteiger partial charge in [0.25, 0.3) is 0 Å². The molecule has 1 unspecified atom stereocenters. The van der Waals surface area contributed by atoms with Gasteiger partial charge in [0.1, 0.15) is 0 Å². The van der Waals surface area contributed by atoms with Gasteiger partial charge in [0.15, 0.2) is 0 Å². The zero-order chi connectivity index (χ0) is 12.8. The van der Waals surface area contributed by atoms with Crippen molar-refractivity contribution in [3.05, 3.63) is 30.3 Å². The van der Waals surface area contributed by atoms with Gasteiger partial charge in [-0.2, -0.15) is 0 Å². The number of hydrogen-bond donors (Lipinski definition) is 1. The summed E-state index contributed by atoms with van der Waals surface area (Å²) in [5.74, 6) is 0. The van der Waals surface area contributed by atoms with Crippen molar-refractivity contribution in [1.29, 1.82) is 0 Å². The number of nitrogens with zero attached hydrogens (tertiary/aromatic N) is 1. The fraction of sp³-hybridized carbons (Fsp3) is 0.600. The molecule has 1 aliphatic rings. The molecule has 100 valence electrons. The first-order valence-electron chi connectivity index (χ1n) is 6.87. The molecule has 3 nitrogen and oxygen atoms in total. The minimum atomic E-state index is 0.129. The predicted molar refractivity (Wildman–Crippen MR) is 75.9 cm³/mol. The highest BCUT2D eigenvalue weighted by atomic mass is 16.5. The van der Waals surface area contributed by atoms with Crippen molar-refractivity contribution < 1.29 is 4.74 Å². The number of benzene rings is 1. The summed E-state index contributed by atoms with van der Waals surface area (Å²) in [5, 5.41) is 0. The molecule has 1 aliphatic heterocycles. The third-order valence-electron chi connectivity index (χ3n) is 3.87. The van der Waals surface area contributed by atoms with E-state index >= 15 is 0 Å². The molecule has 1 aromatic rings. The molecule has 0 aromatic heterocycles. The summed E-state index contributed by atoms with van der Waals surface area (Å²) in [5.41, 5.74) is 7.42. The van der Waals surface area contributed by atoms with E-state index in [1.807, 2.05) is 0 Å². The monoisotopic (exact) mass is 248 g/mol. The normalized spacial score (nSPS) is 23.9. The second kappa shape index (κ2) is 6.21. The van der Waals surface area contributed by atoms with E-state index in [9.17, 15) is 0 Å². The Morgan fingerprint density at radius 1 is 1.33 bits per heavy atom. The lowest BCUT2D eigenvalue weighted by molar-refractivity contribution is 0.00129. The zero-order valence-corrected chi connectivity index (χ0v) is 11.3. The van der Waals surface area contributed by atoms with Crippen molar-refractivity contribution >= 4 is 5.69 Å². The first-order valence-corrected chi connectivity index (χ1v) is 6.87. The van der Waals surface area contributed by atoms with Gasteiger partial charge in [0, 0.05) is 37.3 Å². The van der Waals surface area contributed by atoms with Crippen LogP contribution in [-0.4, -0.2) is 32.8 Å². The van der Waals surface area contributed by atoms with Gasteiger partial charge in [-0.05, 0) is 31.9 Å². The number of nitrogens with two attached hydrogens (primary N) is 1. The summed E-state index contributed by atoms with van der Waals surface area (Å²) >= 11 is 0. The second-order valence-corrected chi connectivity index (χ2v) is 5.21. The van der Waals surface area contributed by atoms with Crippen LogP contribution in [0, 0.1) is 5.41 Å². The molecule has 1 aromatic carbocycles. The van der Waals surface area contributed by atoms with Gasteiger partial charge in [-0.25, -0.2) is 0 Å². The molecular weight excluding hydrogens is 224 g/mol. The maximum atomic E-state index is 6.01. The van der Waals surface area contributed by atoms with Crippen LogP contribution in [-0.2, 0) is 4.74 Å². The highest BCUT2D eigenvalue weighted by Gasteiger charge is 2.33. The summed E-state index contributed by atoms with van der Waals surface area (Å²) in [6.07, 6.45) is 2.30. The van der Waals surface area contributed by atoms with Crippen molar-refractivity contribution in [3.63, 3.8) is 0 Å². The summed E-state index contributed by atoms with van der Waals surface area (Å²) in [7, 11) is 0. The van der Waals surface area contributed by atoms with E-state index in [-0.39, 0.29) is 5.41 Å². The first-order chi connectivity index (χ1) is 8.79. The van der Waals surface area contributed by atoms with E-state index in [4.69, 9.17) is 10.5 Å². The van der Waals surface area contributed by atoms with Crippen LogP contribution >= 0.6 is 0 Å². The van der Waals surface area contributed by atoms with Crippen molar-refractivity contribution in [2.24, 2.45) is 11.1 Å². The minimum Gasteiger partial charge on any atom is -0.381 e. The maximum Gasteiger partial charge on any atom is 0.0551 e. The number of hydrogen-bond acceptors (Lipinski definition) is 3. The fourth-order valence-electron chi connectivity index (χ4n) is 2.69. The van der Waals surface area contributed by atoms with Crippen molar-refractivity contribution in [2.75, 3.05) is 37.7 Å². The SMILES string of the molecule is CCN(CC1(CN)CCCOC1)c1ccccc1. The number of anilines is 1. The Kier molecular flexibility index (Phi) is 4.61. The van der Waals surface area contributed by atoms with Crippen LogP contribution < -0.4 is 10.6 Å². The minimum absolute atomic E-state index is 0.129. The van der Waals surface area contributed by atoms with E-state index in [1.165, 1.54) is 12.1 Å². The van der Waals surface area contributed by atoms with Gasteiger partial charge in [-0.3, -0.25) is 0 Å². The summed E-state index contributed by atoms with van der Waals surface area (Å²) in [6, 6.07) is 10.6. The molecule has 0 radical (unpaired) electrons. The van der Waals surface area contributed by atoms with Crippen LogP contribution in [0.5, 0.6) is 0 Å². The molecule has 0 saturated carbocycles. The number of rotatable bonds is 5. The van der Waals surface area contributed by atoms with Crippen molar-refractivity contribution in [2.45, 2.75) is 19.8 Å². The van der Waals surface area contributed by atoms with Crippen molar-refractivity contribution in [3.8, 4) is 0 Å². The Bertz CT molecular complexity index is 347. The summed E-state index contributed by atoms with van der Waals surface area (Å²) in [6.45, 7) is 6.58. The van der Waals surface area contributed by atoms with Gasteiger partial charge in [0.05, 0.1) is 6.61 Å². The largest absolute Gasteiger partial charge is 0.381 e. The molecule has 18 heavy (non-hydrogen) atoms. The molecule has 1 atom stereocenters. The average Bonchev–Trinajstić information content (AvgIpc) is 2.47. The topological polar surface area (TPSA) is 38.5 Å². The molecule has 0 bridgehead atoms. The van der Waals surface area contributed by atoms with Gasteiger partial charge >= 0.3 is 0 Å². The Morgan fingerprint density at radius 2 is 2.11 bits per heavy atom. The molecule has 3 heteroatoms. The van der Waals surface area contributed by atoms with Crippen LogP contribution in [0.15, 0.2) is 30.3 Å². The lowest BCUT2D eigenvalue weighted by Crippen LogP contribution is -2.47. The van der Waals surface area contributed by atoms with Crippen LogP contribution in [0.25, 0.3) is 0 Å². The third kappa shape index (κ3) is 3.03. The smallest absolute Gasteiger partial charge is 0.0551 e. The Labute approximate surface area is 110 Å². The summed E-state index contributed by atoms with van der Waals surface area (Å²) < 4.78 is 5.65. The zero-order valence-electron chi connectivity index (χ0n) is 11.3. The van der Waals surface area contributed by atoms with E-state index in [1.54, 1.807) is 0 Å². The van der Waals surface area contributed by atoms with Crippen molar-refractivity contribution in [1.82, 2.24) is 0 Å². The van der Waals surface area contributed by atoms with Crippen LogP contribution in [0.4, 0.5) is 5.69 Å². The third-order valence-corrected chi connectivity index (χ3v) is 3.87. The van der Waals surface area contributed by atoms with Crippen LogP contribution in [0.2, 0.25) is 0 Å². The van der Waals surface area contributed by atoms with Crippen LogP contribution in [0.3, 0.4) is 0 Å². The first kappa shape index (κ1) is 13.4. The van der Waals surface area contributed by atoms with Gasteiger partial charge in [-0.1, -0.05) is 18.2 Å². The molecule has 1 heterocycles. The van der Waals surface area contributed by atoms with Crippen LogP contribution in [0.1, 0.15) is 19.8 Å². The number of para-hydroxylation sites is 1.